The lowest BCUT2D eigenvalue weighted by Gasteiger charge is -2.09. The molecule has 0 aliphatic carbocycles. The van der Waals surface area contributed by atoms with Gasteiger partial charge in [-0.3, -0.25) is 4.79 Å². The van der Waals surface area contributed by atoms with Gasteiger partial charge in [0, 0.05) is 11.4 Å². The Labute approximate surface area is 126 Å². The highest BCUT2D eigenvalue weighted by molar-refractivity contribution is 6.32. The van der Waals surface area contributed by atoms with Gasteiger partial charge in [-0.15, -0.1) is 0 Å². The van der Waals surface area contributed by atoms with E-state index in [1.165, 1.54) is 19.2 Å². The van der Waals surface area contributed by atoms with E-state index < -0.39 is 0 Å². The molecule has 2 rings (SSSR count). The van der Waals surface area contributed by atoms with E-state index >= 15 is 0 Å². The van der Waals surface area contributed by atoms with Crippen LogP contribution in [0.4, 0.5) is 15.8 Å². The Hall–Kier alpha value is -2.27. The van der Waals surface area contributed by atoms with Crippen molar-refractivity contribution in [2.45, 2.75) is 0 Å². The van der Waals surface area contributed by atoms with Gasteiger partial charge >= 0.3 is 0 Å². The summed E-state index contributed by atoms with van der Waals surface area (Å²) in [4.78, 5) is 11.8. The molecule has 0 spiro atoms. The van der Waals surface area contributed by atoms with Crippen molar-refractivity contribution in [2.75, 3.05) is 24.3 Å². The molecule has 0 atom stereocenters. The summed E-state index contributed by atoms with van der Waals surface area (Å²) in [5.74, 6) is -0.0162. The Morgan fingerprint density at radius 2 is 1.86 bits per heavy atom. The van der Waals surface area contributed by atoms with Gasteiger partial charge in [-0.05, 0) is 42.5 Å². The number of hydrogen-bond acceptors (Lipinski definition) is 3. The second kappa shape index (κ2) is 6.95. The number of carbonyl (C=O) groups is 1. The summed E-state index contributed by atoms with van der Waals surface area (Å²) in [5.41, 5.74) is 1.24. The predicted octanol–water partition coefficient (Wildman–Crippen LogP) is 3.54. The van der Waals surface area contributed by atoms with Crippen molar-refractivity contribution in [2.24, 2.45) is 0 Å². The van der Waals surface area contributed by atoms with Crippen LogP contribution in [0.15, 0.2) is 42.5 Å². The first-order chi connectivity index (χ1) is 10.1. The molecule has 21 heavy (non-hydrogen) atoms. The van der Waals surface area contributed by atoms with Crippen LogP contribution in [0.25, 0.3) is 0 Å². The molecule has 0 saturated carbocycles. The van der Waals surface area contributed by atoms with Crippen molar-refractivity contribution >= 4 is 28.9 Å². The van der Waals surface area contributed by atoms with Gasteiger partial charge in [-0.2, -0.15) is 0 Å². The SMILES string of the molecule is COc1ccc(NC(=O)CNc2ccc(F)cc2)cc1Cl. The lowest BCUT2D eigenvalue weighted by molar-refractivity contribution is -0.114. The Bertz CT molecular complexity index is 632. The van der Waals surface area contributed by atoms with Crippen LogP contribution < -0.4 is 15.4 Å². The molecule has 0 radical (unpaired) electrons. The summed E-state index contributed by atoms with van der Waals surface area (Å²) in [6.07, 6.45) is 0. The minimum atomic E-state index is -0.321. The molecule has 4 nitrogen and oxygen atoms in total. The molecule has 2 aromatic rings. The lowest BCUT2D eigenvalue weighted by Crippen LogP contribution is -2.21. The van der Waals surface area contributed by atoms with Gasteiger partial charge in [0.2, 0.25) is 5.91 Å². The number of halogens is 2. The zero-order valence-corrected chi connectivity index (χ0v) is 12.1. The minimum absolute atomic E-state index is 0.0648. The van der Waals surface area contributed by atoms with Gasteiger partial charge in [0.25, 0.3) is 0 Å². The average molecular weight is 309 g/mol. The van der Waals surface area contributed by atoms with Crippen molar-refractivity contribution in [1.29, 1.82) is 0 Å². The molecule has 0 aliphatic heterocycles. The van der Waals surface area contributed by atoms with E-state index in [1.807, 2.05) is 0 Å². The summed E-state index contributed by atoms with van der Waals surface area (Å²) in [6, 6.07) is 10.7. The third-order valence-corrected chi connectivity index (χ3v) is 3.03. The van der Waals surface area contributed by atoms with Crippen LogP contribution in [0.2, 0.25) is 5.02 Å². The van der Waals surface area contributed by atoms with E-state index in [1.54, 1.807) is 30.3 Å². The van der Waals surface area contributed by atoms with Crippen LogP contribution in [-0.4, -0.2) is 19.6 Å². The van der Waals surface area contributed by atoms with E-state index in [9.17, 15) is 9.18 Å². The Balaban J connectivity index is 1.89. The second-order valence-electron chi connectivity index (χ2n) is 4.26. The van der Waals surface area contributed by atoms with Gasteiger partial charge < -0.3 is 15.4 Å². The summed E-state index contributed by atoms with van der Waals surface area (Å²) >= 11 is 5.97. The topological polar surface area (TPSA) is 50.4 Å². The standard InChI is InChI=1S/C15H14ClFN2O2/c1-21-14-7-6-12(8-13(14)16)19-15(20)9-18-11-4-2-10(17)3-5-11/h2-8,18H,9H2,1H3,(H,19,20). The van der Waals surface area contributed by atoms with Crippen molar-refractivity contribution in [3.05, 3.63) is 53.3 Å². The summed E-state index contributed by atoms with van der Waals surface area (Å²) < 4.78 is 17.8. The molecule has 6 heteroatoms. The number of nitrogens with one attached hydrogen (secondary N) is 2. The van der Waals surface area contributed by atoms with Crippen LogP contribution in [0, 0.1) is 5.82 Å². The normalized spacial score (nSPS) is 10.0. The average Bonchev–Trinajstić information content (AvgIpc) is 2.47. The third kappa shape index (κ3) is 4.36. The fourth-order valence-electron chi connectivity index (χ4n) is 1.70. The first-order valence-corrected chi connectivity index (χ1v) is 6.59. The number of carbonyl (C=O) groups excluding carboxylic acids is 1. The molecule has 1 amide bonds. The Morgan fingerprint density at radius 3 is 2.48 bits per heavy atom. The smallest absolute Gasteiger partial charge is 0.243 e. The van der Waals surface area contributed by atoms with Crippen molar-refractivity contribution in [1.82, 2.24) is 0 Å². The molecule has 2 aromatic carbocycles. The number of rotatable bonds is 5. The number of benzene rings is 2. The van der Waals surface area contributed by atoms with Crippen LogP contribution in [-0.2, 0) is 4.79 Å². The lowest BCUT2D eigenvalue weighted by atomic mass is 10.3. The predicted molar refractivity (Wildman–Crippen MR) is 81.5 cm³/mol. The molecule has 0 aliphatic rings. The third-order valence-electron chi connectivity index (χ3n) is 2.73. The first kappa shape index (κ1) is 15.1. The van der Waals surface area contributed by atoms with Crippen molar-refractivity contribution < 1.29 is 13.9 Å². The van der Waals surface area contributed by atoms with Crippen molar-refractivity contribution in [3.63, 3.8) is 0 Å². The van der Waals surface area contributed by atoms with Crippen LogP contribution in [0.1, 0.15) is 0 Å². The molecule has 2 N–H and O–H groups in total. The highest BCUT2D eigenvalue weighted by atomic mass is 35.5. The molecule has 0 unspecified atom stereocenters. The van der Waals surface area contributed by atoms with E-state index in [0.29, 0.717) is 22.1 Å². The highest BCUT2D eigenvalue weighted by Gasteiger charge is 2.05. The summed E-state index contributed by atoms with van der Waals surface area (Å²) in [6.45, 7) is 0.0648. The largest absolute Gasteiger partial charge is 0.495 e. The van der Waals surface area contributed by atoms with Crippen molar-refractivity contribution in [3.8, 4) is 5.75 Å². The van der Waals surface area contributed by atoms with E-state index in [0.717, 1.165) is 0 Å². The molecule has 0 saturated heterocycles. The zero-order valence-electron chi connectivity index (χ0n) is 11.3. The molecule has 110 valence electrons. The molecular formula is C15H14ClFN2O2. The fourth-order valence-corrected chi connectivity index (χ4v) is 1.96. The van der Waals surface area contributed by atoms with Gasteiger partial charge in [0.15, 0.2) is 0 Å². The molecular weight excluding hydrogens is 295 g/mol. The fraction of sp³-hybridized carbons (Fsp3) is 0.133. The number of anilines is 2. The van der Waals surface area contributed by atoms with Gasteiger partial charge in [0.1, 0.15) is 11.6 Å². The first-order valence-electron chi connectivity index (χ1n) is 6.21. The molecule has 0 bridgehead atoms. The summed E-state index contributed by atoms with van der Waals surface area (Å²) in [7, 11) is 1.52. The minimum Gasteiger partial charge on any atom is -0.495 e. The Morgan fingerprint density at radius 1 is 1.19 bits per heavy atom. The van der Waals surface area contributed by atoms with Gasteiger partial charge in [-0.1, -0.05) is 11.6 Å². The number of ether oxygens (including phenoxy) is 1. The van der Waals surface area contributed by atoms with Gasteiger partial charge in [0.05, 0.1) is 18.7 Å². The zero-order chi connectivity index (χ0) is 15.2. The van der Waals surface area contributed by atoms with Crippen LogP contribution >= 0.6 is 11.6 Å². The molecule has 0 aromatic heterocycles. The number of hydrogen-bond donors (Lipinski definition) is 2. The quantitative estimate of drug-likeness (QED) is 0.888. The number of amides is 1. The highest BCUT2D eigenvalue weighted by Crippen LogP contribution is 2.27. The van der Waals surface area contributed by atoms with Gasteiger partial charge in [-0.25, -0.2) is 4.39 Å². The Kier molecular flexibility index (Phi) is 5.00. The summed E-state index contributed by atoms with van der Waals surface area (Å²) in [5, 5.41) is 6.01. The van der Waals surface area contributed by atoms with Crippen LogP contribution in [0.5, 0.6) is 5.75 Å². The number of methoxy groups -OCH3 is 1. The maximum atomic E-state index is 12.7. The maximum absolute atomic E-state index is 12.7. The molecule has 0 fully saturated rings. The molecule has 0 heterocycles. The van der Waals surface area contributed by atoms with E-state index in [2.05, 4.69) is 10.6 Å². The second-order valence-corrected chi connectivity index (χ2v) is 4.67. The van der Waals surface area contributed by atoms with Crippen LogP contribution in [0.3, 0.4) is 0 Å². The monoisotopic (exact) mass is 308 g/mol. The van der Waals surface area contributed by atoms with E-state index in [4.69, 9.17) is 16.3 Å². The van der Waals surface area contributed by atoms with E-state index in [-0.39, 0.29) is 18.3 Å². The maximum Gasteiger partial charge on any atom is 0.243 e.